The number of hydrogen-bond acceptors (Lipinski definition) is 8. The Bertz CT molecular complexity index is 1160. The fourth-order valence-corrected chi connectivity index (χ4v) is 6.54. The van der Waals surface area contributed by atoms with Gasteiger partial charge in [0.15, 0.2) is 6.10 Å². The number of hydrogen-bond donors (Lipinski definition) is 2. The van der Waals surface area contributed by atoms with Crippen LogP contribution in [0.5, 0.6) is 0 Å². The molecule has 0 radical (unpaired) electrons. The lowest BCUT2D eigenvalue weighted by Crippen LogP contribution is -2.29. The van der Waals surface area contributed by atoms with Crippen LogP contribution >= 0.6 is 7.82 Å². The van der Waals surface area contributed by atoms with Gasteiger partial charge in [0.25, 0.3) is 0 Å². The summed E-state index contributed by atoms with van der Waals surface area (Å²) in [5.74, 6) is -0.872. The van der Waals surface area contributed by atoms with Gasteiger partial charge in [-0.05, 0) is 83.5 Å². The predicted molar refractivity (Wildman–Crippen MR) is 238 cm³/mol. The molecular weight excluding hydrogens is 737 g/mol. The van der Waals surface area contributed by atoms with Gasteiger partial charge in [-0.3, -0.25) is 18.6 Å². The topological polar surface area (TPSA) is 134 Å². The summed E-state index contributed by atoms with van der Waals surface area (Å²) in [5.41, 5.74) is 5.35. The Labute approximate surface area is 348 Å². The molecule has 0 aromatic heterocycles. The summed E-state index contributed by atoms with van der Waals surface area (Å²) in [5, 5.41) is 0. The summed E-state index contributed by atoms with van der Waals surface area (Å²) in [6.07, 6.45) is 52.1. The van der Waals surface area contributed by atoms with E-state index < -0.39 is 32.5 Å². The van der Waals surface area contributed by atoms with Crippen molar-refractivity contribution in [3.05, 3.63) is 72.9 Å². The lowest BCUT2D eigenvalue weighted by Gasteiger charge is -2.19. The summed E-state index contributed by atoms with van der Waals surface area (Å²) < 4.78 is 32.8. The summed E-state index contributed by atoms with van der Waals surface area (Å²) in [4.78, 5) is 34.9. The minimum Gasteiger partial charge on any atom is -0.462 e. The van der Waals surface area contributed by atoms with Crippen LogP contribution in [0.1, 0.15) is 181 Å². The molecule has 0 spiro atoms. The van der Waals surface area contributed by atoms with E-state index in [4.69, 9.17) is 24.3 Å². The third-order valence-corrected chi connectivity index (χ3v) is 10.1. The van der Waals surface area contributed by atoms with Crippen molar-refractivity contribution in [2.45, 2.75) is 187 Å². The number of phosphoric acid groups is 1. The number of rotatable bonds is 41. The molecule has 0 saturated carbocycles. The zero-order valence-electron chi connectivity index (χ0n) is 36.0. The van der Waals surface area contributed by atoms with Gasteiger partial charge in [0, 0.05) is 19.4 Å². The SMILES string of the molecule is CC/C=C/C/C=C/C/C=C/C/C=C/C/C=C/CCCCCC(=O)OC[C@H](COP(=O)(O)OCCN)OC(=O)CCCCCCCCCCC/C=C/CCCCCC. The first-order valence-corrected chi connectivity index (χ1v) is 23.9. The molecule has 3 N–H and O–H groups in total. The van der Waals surface area contributed by atoms with Crippen LogP contribution in [0.2, 0.25) is 0 Å². The van der Waals surface area contributed by atoms with Gasteiger partial charge >= 0.3 is 19.8 Å². The van der Waals surface area contributed by atoms with Crippen LogP contribution < -0.4 is 5.73 Å². The van der Waals surface area contributed by atoms with Crippen LogP contribution in [0.15, 0.2) is 72.9 Å². The predicted octanol–water partition coefficient (Wildman–Crippen LogP) is 13.1. The van der Waals surface area contributed by atoms with Crippen LogP contribution in [-0.4, -0.2) is 49.3 Å². The van der Waals surface area contributed by atoms with Crippen molar-refractivity contribution in [1.82, 2.24) is 0 Å². The average molecular weight is 820 g/mol. The molecule has 0 rings (SSSR count). The number of nitrogens with two attached hydrogens (primary N) is 1. The quantitative estimate of drug-likeness (QED) is 0.0267. The van der Waals surface area contributed by atoms with Crippen molar-refractivity contribution in [2.24, 2.45) is 5.73 Å². The molecule has 57 heavy (non-hydrogen) atoms. The standard InChI is InChI=1S/C47H82NO8P/c1-3-5-7-9-11-13-15-17-19-21-22-24-25-27-29-31-33-35-37-39-46(49)53-43-45(44-55-57(51,52)54-42-41-48)56-47(50)40-38-36-34-32-30-28-26-23-20-18-16-14-12-10-8-6-4-2/h5,7,11,13-14,16-17,19,22,24,27,29,45H,3-4,6,8-10,12,15,18,20-21,23,25-26,28,30-44,48H2,1-2H3,(H,51,52)/b7-5+,13-11+,16-14+,19-17+,24-22+,29-27+/t45-/m1/s1. The second kappa shape index (κ2) is 43.0. The van der Waals surface area contributed by atoms with Crippen molar-refractivity contribution in [3.8, 4) is 0 Å². The van der Waals surface area contributed by atoms with Crippen molar-refractivity contribution in [1.29, 1.82) is 0 Å². The molecule has 10 heteroatoms. The van der Waals surface area contributed by atoms with E-state index in [9.17, 15) is 19.0 Å². The highest BCUT2D eigenvalue weighted by atomic mass is 31.2. The van der Waals surface area contributed by atoms with Gasteiger partial charge in [-0.1, -0.05) is 157 Å². The van der Waals surface area contributed by atoms with E-state index in [1.54, 1.807) is 0 Å². The minimum absolute atomic E-state index is 0.0451. The summed E-state index contributed by atoms with van der Waals surface area (Å²) in [6, 6.07) is 0. The van der Waals surface area contributed by atoms with E-state index in [0.29, 0.717) is 12.8 Å². The second-order valence-electron chi connectivity index (χ2n) is 14.5. The van der Waals surface area contributed by atoms with E-state index >= 15 is 0 Å². The summed E-state index contributed by atoms with van der Waals surface area (Å²) in [7, 11) is -4.39. The van der Waals surface area contributed by atoms with Gasteiger partial charge in [0.2, 0.25) is 0 Å². The Hall–Kier alpha value is -2.55. The van der Waals surface area contributed by atoms with Gasteiger partial charge in [0.05, 0.1) is 13.2 Å². The van der Waals surface area contributed by atoms with Crippen LogP contribution in [0.3, 0.4) is 0 Å². The lowest BCUT2D eigenvalue weighted by molar-refractivity contribution is -0.161. The highest BCUT2D eigenvalue weighted by Crippen LogP contribution is 2.43. The third-order valence-electron chi connectivity index (χ3n) is 9.08. The van der Waals surface area contributed by atoms with Crippen molar-refractivity contribution in [3.63, 3.8) is 0 Å². The number of allylic oxidation sites excluding steroid dienone is 12. The smallest absolute Gasteiger partial charge is 0.462 e. The van der Waals surface area contributed by atoms with Gasteiger partial charge in [-0.2, -0.15) is 0 Å². The summed E-state index contributed by atoms with van der Waals surface area (Å²) in [6.45, 7) is 3.56. The number of phosphoric ester groups is 1. The maximum atomic E-state index is 12.6. The van der Waals surface area contributed by atoms with E-state index in [0.717, 1.165) is 70.6 Å². The highest BCUT2D eigenvalue weighted by molar-refractivity contribution is 7.47. The number of carbonyl (C=O) groups is 2. The van der Waals surface area contributed by atoms with Gasteiger partial charge in [-0.25, -0.2) is 4.57 Å². The van der Waals surface area contributed by atoms with Crippen molar-refractivity contribution in [2.75, 3.05) is 26.4 Å². The largest absolute Gasteiger partial charge is 0.472 e. The molecule has 0 aliphatic rings. The fraction of sp³-hybridized carbons (Fsp3) is 0.702. The molecule has 0 aromatic rings. The molecule has 0 aliphatic heterocycles. The molecule has 1 unspecified atom stereocenters. The lowest BCUT2D eigenvalue weighted by atomic mass is 10.1. The Morgan fingerprint density at radius 2 is 0.965 bits per heavy atom. The Kier molecular flexibility index (Phi) is 41.1. The second-order valence-corrected chi connectivity index (χ2v) is 16.0. The zero-order chi connectivity index (χ0) is 41.8. The molecule has 0 heterocycles. The molecule has 0 aliphatic carbocycles. The molecule has 328 valence electrons. The molecule has 0 aromatic carbocycles. The van der Waals surface area contributed by atoms with Crippen LogP contribution in [0.4, 0.5) is 0 Å². The molecule has 0 amide bonds. The summed E-state index contributed by atoms with van der Waals surface area (Å²) >= 11 is 0. The molecule has 0 saturated heterocycles. The molecule has 0 bridgehead atoms. The molecule has 9 nitrogen and oxygen atoms in total. The van der Waals surface area contributed by atoms with Crippen molar-refractivity contribution >= 4 is 19.8 Å². The van der Waals surface area contributed by atoms with Gasteiger partial charge in [-0.15, -0.1) is 0 Å². The van der Waals surface area contributed by atoms with Crippen LogP contribution in [-0.2, 0) is 32.7 Å². The molecular formula is C47H82NO8P. The Morgan fingerprint density at radius 1 is 0.544 bits per heavy atom. The third kappa shape index (κ3) is 42.9. The van der Waals surface area contributed by atoms with E-state index in [1.807, 2.05) is 0 Å². The highest BCUT2D eigenvalue weighted by Gasteiger charge is 2.26. The Balaban J connectivity index is 4.21. The minimum atomic E-state index is -4.39. The zero-order valence-corrected chi connectivity index (χ0v) is 36.9. The normalized spacial score (nSPS) is 14.0. The average Bonchev–Trinajstić information content (AvgIpc) is 3.20. The fourth-order valence-electron chi connectivity index (χ4n) is 5.77. The number of esters is 2. The van der Waals surface area contributed by atoms with Crippen LogP contribution in [0.25, 0.3) is 0 Å². The van der Waals surface area contributed by atoms with E-state index in [2.05, 4.69) is 86.8 Å². The first-order chi connectivity index (χ1) is 27.8. The molecule has 0 fully saturated rings. The van der Waals surface area contributed by atoms with E-state index in [-0.39, 0.29) is 32.6 Å². The van der Waals surface area contributed by atoms with Crippen LogP contribution in [0, 0.1) is 0 Å². The van der Waals surface area contributed by atoms with E-state index in [1.165, 1.54) is 70.6 Å². The monoisotopic (exact) mass is 820 g/mol. The number of ether oxygens (including phenoxy) is 2. The van der Waals surface area contributed by atoms with Gasteiger partial charge in [0.1, 0.15) is 6.61 Å². The van der Waals surface area contributed by atoms with Gasteiger partial charge < -0.3 is 20.1 Å². The number of carbonyl (C=O) groups excluding carboxylic acids is 2. The Morgan fingerprint density at radius 3 is 1.47 bits per heavy atom. The van der Waals surface area contributed by atoms with Crippen molar-refractivity contribution < 1.29 is 37.6 Å². The first kappa shape index (κ1) is 54.5. The first-order valence-electron chi connectivity index (χ1n) is 22.4. The maximum Gasteiger partial charge on any atom is 0.472 e. The molecule has 2 atom stereocenters. The number of unbranched alkanes of at least 4 members (excludes halogenated alkanes) is 16. The maximum absolute atomic E-state index is 12.6.